The Morgan fingerprint density at radius 1 is 1.35 bits per heavy atom. The average molecular weight is 253 g/mol. The van der Waals surface area contributed by atoms with Crippen LogP contribution in [0.3, 0.4) is 0 Å². The van der Waals surface area contributed by atoms with Gasteiger partial charge in [0.25, 0.3) is 0 Å². The zero-order valence-corrected chi connectivity index (χ0v) is 11.3. The van der Waals surface area contributed by atoms with Gasteiger partial charge >= 0.3 is 0 Å². The van der Waals surface area contributed by atoms with Gasteiger partial charge in [0.1, 0.15) is 5.69 Å². The van der Waals surface area contributed by atoms with Crippen molar-refractivity contribution in [1.82, 2.24) is 9.97 Å². The Hall–Kier alpha value is -1.42. The molecular formula is C12H17ClN4. The summed E-state index contributed by atoms with van der Waals surface area (Å²) in [6.45, 7) is 11.6. The van der Waals surface area contributed by atoms with Crippen LogP contribution in [0.15, 0.2) is 17.6 Å². The molecule has 0 aliphatic heterocycles. The Labute approximate surface area is 107 Å². The van der Waals surface area contributed by atoms with Crippen molar-refractivity contribution >= 4 is 29.3 Å². The van der Waals surface area contributed by atoms with E-state index in [9.17, 15) is 0 Å². The first-order valence-electron chi connectivity index (χ1n) is 5.31. The molecule has 1 N–H and O–H groups in total. The van der Waals surface area contributed by atoms with E-state index in [1.807, 2.05) is 27.7 Å². The van der Waals surface area contributed by atoms with Crippen LogP contribution in [0.2, 0.25) is 5.28 Å². The molecule has 0 aliphatic carbocycles. The second-order valence-electron chi connectivity index (χ2n) is 4.66. The second kappa shape index (κ2) is 5.27. The number of hydrogen-bond donors (Lipinski definition) is 1. The third kappa shape index (κ3) is 4.15. The molecule has 0 spiro atoms. The van der Waals surface area contributed by atoms with Crippen LogP contribution in [-0.2, 0) is 0 Å². The van der Waals surface area contributed by atoms with Gasteiger partial charge in [-0.3, -0.25) is 4.99 Å². The normalized spacial score (nSPS) is 11.8. The first kappa shape index (κ1) is 13.6. The van der Waals surface area contributed by atoms with E-state index in [2.05, 4.69) is 26.9 Å². The predicted octanol–water partition coefficient (Wildman–Crippen LogP) is 3.54. The molecule has 0 fully saturated rings. The average Bonchev–Trinajstić information content (AvgIpc) is 2.13. The number of allylic oxidation sites excluding steroid dienone is 1. The van der Waals surface area contributed by atoms with Gasteiger partial charge in [-0.25, -0.2) is 4.98 Å². The third-order valence-electron chi connectivity index (χ3n) is 1.83. The molecule has 0 unspecified atom stereocenters. The van der Waals surface area contributed by atoms with Crippen LogP contribution in [0.25, 0.3) is 0 Å². The molecule has 0 aromatic carbocycles. The summed E-state index contributed by atoms with van der Waals surface area (Å²) in [4.78, 5) is 12.5. The number of aliphatic imine (C=N–C) groups is 1. The number of rotatable bonds is 3. The van der Waals surface area contributed by atoms with Crippen LogP contribution in [0.5, 0.6) is 0 Å². The van der Waals surface area contributed by atoms with Crippen LogP contribution in [-0.4, -0.2) is 21.7 Å². The van der Waals surface area contributed by atoms with Crippen molar-refractivity contribution < 1.29 is 0 Å². The molecule has 0 saturated carbocycles. The van der Waals surface area contributed by atoms with Crippen molar-refractivity contribution in [3.63, 3.8) is 0 Å². The Bertz CT molecular complexity index is 447. The Kier molecular flexibility index (Phi) is 4.23. The summed E-state index contributed by atoms with van der Waals surface area (Å²) < 4.78 is 0. The summed E-state index contributed by atoms with van der Waals surface area (Å²) in [5, 5.41) is 3.47. The van der Waals surface area contributed by atoms with E-state index in [1.165, 1.54) is 0 Å². The molecule has 17 heavy (non-hydrogen) atoms. The molecule has 5 heteroatoms. The largest absolute Gasteiger partial charge is 0.364 e. The van der Waals surface area contributed by atoms with Gasteiger partial charge in [-0.05, 0) is 39.3 Å². The number of nitrogens with one attached hydrogen (secondary N) is 1. The Balaban J connectivity index is 3.25. The maximum absolute atomic E-state index is 5.85. The number of aryl methyl sites for hydroxylation is 1. The van der Waals surface area contributed by atoms with E-state index in [0.29, 0.717) is 11.5 Å². The Morgan fingerprint density at radius 2 is 2.00 bits per heavy atom. The van der Waals surface area contributed by atoms with Crippen molar-refractivity contribution in [3.05, 3.63) is 23.6 Å². The number of anilines is 1. The molecule has 1 rings (SSSR count). The predicted molar refractivity (Wildman–Crippen MR) is 73.5 cm³/mol. The summed E-state index contributed by atoms with van der Waals surface area (Å²) in [5.74, 6) is 0.633. The second-order valence-corrected chi connectivity index (χ2v) is 5.00. The van der Waals surface area contributed by atoms with Gasteiger partial charge in [-0.1, -0.05) is 12.7 Å². The lowest BCUT2D eigenvalue weighted by Gasteiger charge is -2.22. The minimum Gasteiger partial charge on any atom is -0.364 e. The SMILES string of the molecule is C=C/C=N\c1c(C)nc(Cl)nc1NC(C)(C)C. The molecule has 1 aromatic heterocycles. The van der Waals surface area contributed by atoms with Crippen molar-refractivity contribution in [1.29, 1.82) is 0 Å². The highest BCUT2D eigenvalue weighted by Gasteiger charge is 2.16. The van der Waals surface area contributed by atoms with Gasteiger partial charge in [0.05, 0.1) is 5.69 Å². The van der Waals surface area contributed by atoms with E-state index < -0.39 is 0 Å². The number of aromatic nitrogens is 2. The van der Waals surface area contributed by atoms with Crippen LogP contribution in [0.1, 0.15) is 26.5 Å². The quantitative estimate of drug-likeness (QED) is 0.661. The van der Waals surface area contributed by atoms with Crippen molar-refractivity contribution in [3.8, 4) is 0 Å². The highest BCUT2D eigenvalue weighted by Crippen LogP contribution is 2.29. The number of nitrogens with zero attached hydrogens (tertiary/aromatic N) is 3. The lowest BCUT2D eigenvalue weighted by Crippen LogP contribution is -2.27. The minimum absolute atomic E-state index is 0.122. The van der Waals surface area contributed by atoms with Crippen LogP contribution >= 0.6 is 11.6 Å². The van der Waals surface area contributed by atoms with Gasteiger partial charge in [0.15, 0.2) is 5.82 Å². The van der Waals surface area contributed by atoms with E-state index in [0.717, 1.165) is 5.69 Å². The van der Waals surface area contributed by atoms with E-state index in [1.54, 1.807) is 12.3 Å². The fourth-order valence-corrected chi connectivity index (χ4v) is 1.47. The van der Waals surface area contributed by atoms with E-state index >= 15 is 0 Å². The summed E-state index contributed by atoms with van der Waals surface area (Å²) in [6.07, 6.45) is 3.21. The van der Waals surface area contributed by atoms with Gasteiger partial charge in [0.2, 0.25) is 5.28 Å². The monoisotopic (exact) mass is 252 g/mol. The standard InChI is InChI=1S/C12H17ClN4/c1-6-7-14-9-8(2)15-11(13)16-10(9)17-12(3,4)5/h6-7H,1H2,2-5H3,(H,15,16,17)/b14-7-. The number of halogens is 1. The molecule has 0 bridgehead atoms. The van der Waals surface area contributed by atoms with Crippen LogP contribution in [0, 0.1) is 6.92 Å². The maximum Gasteiger partial charge on any atom is 0.224 e. The fourth-order valence-electron chi connectivity index (χ4n) is 1.26. The van der Waals surface area contributed by atoms with E-state index in [-0.39, 0.29) is 10.8 Å². The molecule has 0 aliphatic rings. The summed E-state index contributed by atoms with van der Waals surface area (Å²) in [5.41, 5.74) is 1.29. The minimum atomic E-state index is -0.122. The highest BCUT2D eigenvalue weighted by atomic mass is 35.5. The third-order valence-corrected chi connectivity index (χ3v) is 2.00. The molecular weight excluding hydrogens is 236 g/mol. The fraction of sp³-hybridized carbons (Fsp3) is 0.417. The molecule has 0 atom stereocenters. The number of hydrogen-bond acceptors (Lipinski definition) is 4. The first-order valence-corrected chi connectivity index (χ1v) is 5.68. The van der Waals surface area contributed by atoms with Crippen molar-refractivity contribution in [2.45, 2.75) is 33.2 Å². The topological polar surface area (TPSA) is 50.2 Å². The summed E-state index contributed by atoms with van der Waals surface area (Å²) in [6, 6.07) is 0. The summed E-state index contributed by atoms with van der Waals surface area (Å²) in [7, 11) is 0. The molecule has 0 amide bonds. The zero-order chi connectivity index (χ0) is 13.1. The molecule has 0 saturated heterocycles. The first-order chi connectivity index (χ1) is 7.83. The lowest BCUT2D eigenvalue weighted by atomic mass is 10.1. The molecule has 92 valence electrons. The van der Waals surface area contributed by atoms with Gasteiger partial charge < -0.3 is 5.32 Å². The summed E-state index contributed by atoms with van der Waals surface area (Å²) >= 11 is 5.85. The van der Waals surface area contributed by atoms with Gasteiger partial charge in [-0.15, -0.1) is 0 Å². The molecule has 1 heterocycles. The van der Waals surface area contributed by atoms with E-state index in [4.69, 9.17) is 11.6 Å². The Morgan fingerprint density at radius 3 is 2.53 bits per heavy atom. The maximum atomic E-state index is 5.85. The van der Waals surface area contributed by atoms with Crippen molar-refractivity contribution in [2.75, 3.05) is 5.32 Å². The van der Waals surface area contributed by atoms with Crippen molar-refractivity contribution in [2.24, 2.45) is 4.99 Å². The van der Waals surface area contributed by atoms with Gasteiger partial charge in [0, 0.05) is 11.8 Å². The highest BCUT2D eigenvalue weighted by molar-refractivity contribution is 6.28. The van der Waals surface area contributed by atoms with Gasteiger partial charge in [-0.2, -0.15) is 4.98 Å². The molecule has 0 radical (unpaired) electrons. The smallest absolute Gasteiger partial charge is 0.224 e. The zero-order valence-electron chi connectivity index (χ0n) is 10.6. The van der Waals surface area contributed by atoms with Crippen LogP contribution in [0.4, 0.5) is 11.5 Å². The lowest BCUT2D eigenvalue weighted by molar-refractivity contribution is 0.630. The molecule has 4 nitrogen and oxygen atoms in total. The van der Waals surface area contributed by atoms with Crippen LogP contribution < -0.4 is 5.32 Å². The molecule has 1 aromatic rings.